The normalized spacial score (nSPS) is 22.2. The Morgan fingerprint density at radius 1 is 0.833 bits per heavy atom. The highest BCUT2D eigenvalue weighted by Crippen LogP contribution is 2.43. The molecule has 6 rings (SSSR count). The van der Waals surface area contributed by atoms with Crippen molar-refractivity contribution in [3.8, 4) is 22.3 Å². The molecule has 1 aliphatic rings. The van der Waals surface area contributed by atoms with Gasteiger partial charge in [0.1, 0.15) is 5.58 Å². The Morgan fingerprint density at radius 2 is 1.69 bits per heavy atom. The smallest absolute Gasteiger partial charge is 0.227 e. The first-order valence-electron chi connectivity index (χ1n) is 17.4. The van der Waals surface area contributed by atoms with Gasteiger partial charge in [-0.2, -0.15) is 0 Å². The molecule has 1 fully saturated rings. The van der Waals surface area contributed by atoms with E-state index in [2.05, 4.69) is 18.8 Å². The molecular weight excluding hydrogens is 438 g/mol. The highest BCUT2D eigenvalue weighted by Gasteiger charge is 2.27. The molecule has 0 spiro atoms. The largest absolute Gasteiger partial charge is 0.437 e. The fraction of sp³-hybridized carbons (Fsp3) is 0.324. The number of para-hydroxylation sites is 1. The standard InChI is InChI=1S/C34H35NO/c1-21-9-11-26(28-7-6-8-29-30-13-10-23(3)35-33(30)36-32(28)29)20-31(21)27-14-12-25(19-22(27)2)24-15-17-34(4,5)18-16-24/h6-14,19-20,24H,15-18H2,1-5H3/i1D3,2D3,3D3,24D. The molecule has 3 aromatic carbocycles. The Balaban J connectivity index is 1.53. The molecule has 1 aliphatic carbocycles. The maximum absolute atomic E-state index is 9.25. The second-order valence-electron chi connectivity index (χ2n) is 10.6. The maximum atomic E-state index is 9.25. The Hall–Kier alpha value is -3.39. The first kappa shape index (κ1) is 14.4. The van der Waals surface area contributed by atoms with Crippen molar-refractivity contribution in [2.75, 3.05) is 0 Å². The zero-order chi connectivity index (χ0) is 33.4. The van der Waals surface area contributed by atoms with Crippen LogP contribution in [0.3, 0.4) is 0 Å². The average Bonchev–Trinajstić information content (AvgIpc) is 3.35. The third-order valence-corrected chi connectivity index (χ3v) is 7.62. The van der Waals surface area contributed by atoms with Crippen LogP contribution in [0.4, 0.5) is 0 Å². The van der Waals surface area contributed by atoms with E-state index in [1.807, 2.05) is 18.2 Å². The topological polar surface area (TPSA) is 26.0 Å². The molecule has 182 valence electrons. The van der Waals surface area contributed by atoms with Gasteiger partial charge in [-0.05, 0) is 109 Å². The number of hydrogen-bond acceptors (Lipinski definition) is 2. The van der Waals surface area contributed by atoms with Crippen LogP contribution >= 0.6 is 0 Å². The van der Waals surface area contributed by atoms with Crippen molar-refractivity contribution in [2.24, 2.45) is 5.41 Å². The van der Waals surface area contributed by atoms with E-state index < -0.39 is 26.4 Å². The molecule has 0 saturated heterocycles. The molecule has 5 aromatic rings. The first-order valence-corrected chi connectivity index (χ1v) is 12.4. The average molecular weight is 484 g/mol. The van der Waals surface area contributed by atoms with Crippen molar-refractivity contribution >= 4 is 22.1 Å². The van der Waals surface area contributed by atoms with Crippen LogP contribution in [0.15, 0.2) is 71.1 Å². The summed E-state index contributed by atoms with van der Waals surface area (Å²) in [6.07, 6.45) is 2.93. The molecular formula is C34H35NO. The van der Waals surface area contributed by atoms with Gasteiger partial charge in [0.2, 0.25) is 5.71 Å². The van der Waals surface area contributed by atoms with Crippen LogP contribution in [0.2, 0.25) is 0 Å². The van der Waals surface area contributed by atoms with E-state index in [-0.39, 0.29) is 39.1 Å². The van der Waals surface area contributed by atoms with Crippen LogP contribution < -0.4 is 0 Å². The maximum Gasteiger partial charge on any atom is 0.227 e. The van der Waals surface area contributed by atoms with Crippen LogP contribution in [0.25, 0.3) is 44.3 Å². The van der Waals surface area contributed by atoms with Crippen molar-refractivity contribution in [1.29, 1.82) is 0 Å². The van der Waals surface area contributed by atoms with E-state index in [1.165, 1.54) is 12.1 Å². The second-order valence-corrected chi connectivity index (χ2v) is 10.6. The number of rotatable bonds is 3. The van der Waals surface area contributed by atoms with Crippen LogP contribution in [0.1, 0.15) is 81.5 Å². The van der Waals surface area contributed by atoms with Gasteiger partial charge in [0.05, 0.1) is 0 Å². The van der Waals surface area contributed by atoms with E-state index in [0.29, 0.717) is 45.9 Å². The van der Waals surface area contributed by atoms with Crippen LogP contribution in [-0.2, 0) is 0 Å². The highest BCUT2D eigenvalue weighted by molar-refractivity contribution is 6.08. The summed E-state index contributed by atoms with van der Waals surface area (Å²) < 4.78 is 88.8. The number of pyridine rings is 1. The summed E-state index contributed by atoms with van der Waals surface area (Å²) in [5, 5.41) is 1.35. The van der Waals surface area contributed by atoms with Crippen molar-refractivity contribution in [1.82, 2.24) is 4.98 Å². The lowest BCUT2D eigenvalue weighted by atomic mass is 9.71. The monoisotopic (exact) mass is 483 g/mol. The lowest BCUT2D eigenvalue weighted by Crippen LogP contribution is -2.20. The summed E-state index contributed by atoms with van der Waals surface area (Å²) >= 11 is 0. The third kappa shape index (κ3) is 4.03. The summed E-state index contributed by atoms with van der Waals surface area (Å²) in [5.41, 5.74) is 3.05. The molecule has 0 unspecified atom stereocenters. The van der Waals surface area contributed by atoms with E-state index in [4.69, 9.17) is 16.8 Å². The summed E-state index contributed by atoms with van der Waals surface area (Å²) in [5.74, 6) is -0.923. The van der Waals surface area contributed by atoms with Crippen molar-refractivity contribution in [2.45, 2.75) is 66.0 Å². The number of hydrogen-bond donors (Lipinski definition) is 0. The minimum Gasteiger partial charge on any atom is -0.437 e. The Bertz CT molecular complexity index is 1950. The van der Waals surface area contributed by atoms with E-state index >= 15 is 0 Å². The predicted octanol–water partition coefficient (Wildman–Crippen LogP) is 9.92. The lowest BCUT2D eigenvalue weighted by molar-refractivity contribution is 0.224. The molecule has 0 amide bonds. The van der Waals surface area contributed by atoms with Gasteiger partial charge in [-0.25, -0.2) is 4.98 Å². The van der Waals surface area contributed by atoms with Gasteiger partial charge in [-0.3, -0.25) is 0 Å². The predicted molar refractivity (Wildman–Crippen MR) is 152 cm³/mol. The molecule has 0 aliphatic heterocycles. The van der Waals surface area contributed by atoms with Gasteiger partial charge in [0.15, 0.2) is 0 Å². The Kier molecular flexibility index (Phi) is 3.44. The molecule has 0 N–H and O–H groups in total. The fourth-order valence-corrected chi connectivity index (χ4v) is 5.36. The highest BCUT2D eigenvalue weighted by atomic mass is 16.3. The second kappa shape index (κ2) is 8.62. The number of fused-ring (bicyclic) bond motifs is 3. The Morgan fingerprint density at radius 3 is 2.50 bits per heavy atom. The summed E-state index contributed by atoms with van der Waals surface area (Å²) in [6, 6.07) is 18.4. The van der Waals surface area contributed by atoms with Gasteiger partial charge < -0.3 is 4.42 Å². The molecule has 2 heteroatoms. The van der Waals surface area contributed by atoms with Crippen molar-refractivity contribution in [3.05, 3.63) is 89.1 Å². The molecule has 2 nitrogen and oxygen atoms in total. The molecule has 0 atom stereocenters. The van der Waals surface area contributed by atoms with Gasteiger partial charge in [-0.15, -0.1) is 0 Å². The van der Waals surface area contributed by atoms with Gasteiger partial charge in [-0.1, -0.05) is 62.4 Å². The lowest BCUT2D eigenvalue weighted by Gasteiger charge is -2.34. The number of aromatic nitrogens is 1. The Labute approximate surface area is 228 Å². The van der Waals surface area contributed by atoms with Gasteiger partial charge in [0, 0.05) is 35.7 Å². The zero-order valence-corrected chi connectivity index (χ0v) is 20.5. The number of furan rings is 1. The zero-order valence-electron chi connectivity index (χ0n) is 30.5. The van der Waals surface area contributed by atoms with Gasteiger partial charge >= 0.3 is 0 Å². The SMILES string of the molecule is [2H]C([2H])([2H])c1ccc2c(n1)oc1c(-c3ccc(C([2H])([2H])[2H])c(-c4ccc(C5([2H])CCC(C)(C)CC5)cc4C([2H])([2H])[2H])c3)cccc12. The number of aryl methyl sites for hydroxylation is 3. The summed E-state index contributed by atoms with van der Waals surface area (Å²) in [7, 11) is 0. The van der Waals surface area contributed by atoms with Gasteiger partial charge in [0.25, 0.3) is 0 Å². The molecule has 1 saturated carbocycles. The first-order chi connectivity index (χ1) is 21.3. The van der Waals surface area contributed by atoms with E-state index in [0.717, 1.165) is 12.8 Å². The molecule has 2 heterocycles. The number of nitrogens with zero attached hydrogens (tertiary/aromatic N) is 1. The van der Waals surface area contributed by atoms with Crippen LogP contribution in [0.5, 0.6) is 0 Å². The van der Waals surface area contributed by atoms with Crippen molar-refractivity contribution in [3.63, 3.8) is 0 Å². The van der Waals surface area contributed by atoms with E-state index in [9.17, 15) is 1.37 Å². The molecule has 0 bridgehead atoms. The fourth-order valence-electron chi connectivity index (χ4n) is 5.36. The van der Waals surface area contributed by atoms with E-state index in [1.54, 1.807) is 36.4 Å². The minimum absolute atomic E-state index is 0.00690. The summed E-state index contributed by atoms with van der Waals surface area (Å²) in [6.45, 7) is -3.14. The van der Waals surface area contributed by atoms with Crippen LogP contribution in [0, 0.1) is 26.0 Å². The minimum atomic E-state index is -2.57. The van der Waals surface area contributed by atoms with Crippen molar-refractivity contribution < 1.29 is 18.1 Å². The third-order valence-electron chi connectivity index (χ3n) is 7.62. The summed E-state index contributed by atoms with van der Waals surface area (Å²) in [4.78, 5) is 4.25. The quantitative estimate of drug-likeness (QED) is 0.255. The van der Waals surface area contributed by atoms with Crippen LogP contribution in [-0.4, -0.2) is 4.98 Å². The molecule has 0 radical (unpaired) electrons. The molecule has 2 aromatic heterocycles. The number of benzene rings is 3. The molecule has 36 heavy (non-hydrogen) atoms.